The third-order valence-corrected chi connectivity index (χ3v) is 5.38. The number of halogens is 3. The lowest BCUT2D eigenvalue weighted by Gasteiger charge is -2.35. The zero-order valence-electron chi connectivity index (χ0n) is 15.2. The van der Waals surface area contributed by atoms with Gasteiger partial charge in [0.15, 0.2) is 6.29 Å². The molecule has 1 aromatic rings. The Kier molecular flexibility index (Phi) is 6.41. The number of allylic oxidation sites excluding steroid dienone is 2. The summed E-state index contributed by atoms with van der Waals surface area (Å²) >= 11 is 0. The zero-order valence-corrected chi connectivity index (χ0v) is 15.2. The molecule has 2 aliphatic rings. The molecular formula is C21H27F3O2. The Bertz CT molecular complexity index is 599. The van der Waals surface area contributed by atoms with Gasteiger partial charge in [-0.1, -0.05) is 38.0 Å². The third-order valence-electron chi connectivity index (χ3n) is 5.38. The molecule has 26 heavy (non-hydrogen) atoms. The van der Waals surface area contributed by atoms with Gasteiger partial charge < -0.3 is 9.47 Å². The summed E-state index contributed by atoms with van der Waals surface area (Å²) in [7, 11) is 0. The Labute approximate surface area is 153 Å². The second-order valence-electron chi connectivity index (χ2n) is 7.38. The van der Waals surface area contributed by atoms with E-state index in [1.807, 2.05) is 0 Å². The van der Waals surface area contributed by atoms with E-state index < -0.39 is 11.7 Å². The fraction of sp³-hybridized carbons (Fsp3) is 0.619. The molecule has 1 aromatic carbocycles. The first-order valence-corrected chi connectivity index (χ1v) is 9.57. The molecule has 1 unspecified atom stereocenters. The van der Waals surface area contributed by atoms with Crippen molar-refractivity contribution in [2.75, 3.05) is 13.2 Å². The average molecular weight is 368 g/mol. The van der Waals surface area contributed by atoms with E-state index in [2.05, 4.69) is 13.0 Å². The highest BCUT2D eigenvalue weighted by molar-refractivity contribution is 5.66. The predicted octanol–water partition coefficient (Wildman–Crippen LogP) is 6.07. The van der Waals surface area contributed by atoms with Crippen molar-refractivity contribution < 1.29 is 22.6 Å². The van der Waals surface area contributed by atoms with Gasteiger partial charge in [-0.05, 0) is 49.0 Å². The van der Waals surface area contributed by atoms with Crippen LogP contribution in [0.15, 0.2) is 30.3 Å². The van der Waals surface area contributed by atoms with Gasteiger partial charge in [0.25, 0.3) is 0 Å². The van der Waals surface area contributed by atoms with E-state index in [1.165, 1.54) is 12.8 Å². The molecule has 3 rings (SSSR count). The Morgan fingerprint density at radius 2 is 1.77 bits per heavy atom. The van der Waals surface area contributed by atoms with Crippen molar-refractivity contribution in [2.24, 2.45) is 11.8 Å². The quantitative estimate of drug-likeness (QED) is 0.628. The van der Waals surface area contributed by atoms with Crippen LogP contribution in [-0.2, 0) is 15.7 Å². The Balaban J connectivity index is 1.52. The SMILES string of the molecule is CCCCC1COC(C2CC=C(c3ccc(C(F)(F)F)cc3)CC2)OC1. The lowest BCUT2D eigenvalue weighted by Crippen LogP contribution is -2.37. The molecular weight excluding hydrogens is 341 g/mol. The number of unbranched alkanes of at least 4 members (excludes halogenated alkanes) is 1. The van der Waals surface area contributed by atoms with Crippen molar-refractivity contribution in [2.45, 2.75) is 57.9 Å². The number of hydrogen-bond acceptors (Lipinski definition) is 2. The van der Waals surface area contributed by atoms with Crippen molar-refractivity contribution in [3.8, 4) is 0 Å². The molecule has 0 aromatic heterocycles. The van der Waals surface area contributed by atoms with Gasteiger partial charge in [-0.25, -0.2) is 0 Å². The summed E-state index contributed by atoms with van der Waals surface area (Å²) in [4.78, 5) is 0. The molecule has 0 spiro atoms. The molecule has 1 saturated heterocycles. The largest absolute Gasteiger partial charge is 0.416 e. The molecule has 1 heterocycles. The monoisotopic (exact) mass is 368 g/mol. The van der Waals surface area contributed by atoms with Gasteiger partial charge in [0.1, 0.15) is 0 Å². The molecule has 0 N–H and O–H groups in total. The summed E-state index contributed by atoms with van der Waals surface area (Å²) in [5.74, 6) is 0.841. The van der Waals surface area contributed by atoms with E-state index in [0.29, 0.717) is 11.8 Å². The van der Waals surface area contributed by atoms with Gasteiger partial charge in [0.2, 0.25) is 0 Å². The Hall–Kier alpha value is -1.33. The Morgan fingerprint density at radius 1 is 1.08 bits per heavy atom. The van der Waals surface area contributed by atoms with Crippen LogP contribution in [0.2, 0.25) is 0 Å². The maximum absolute atomic E-state index is 12.7. The smallest absolute Gasteiger partial charge is 0.352 e. The first-order valence-electron chi connectivity index (χ1n) is 9.57. The van der Waals surface area contributed by atoms with Crippen molar-refractivity contribution in [3.63, 3.8) is 0 Å². The minimum atomic E-state index is -4.28. The highest BCUT2D eigenvalue weighted by Gasteiger charge is 2.31. The minimum absolute atomic E-state index is 0.140. The number of alkyl halides is 3. The molecule has 1 aliphatic heterocycles. The predicted molar refractivity (Wildman–Crippen MR) is 95.5 cm³/mol. The van der Waals surface area contributed by atoms with Crippen molar-refractivity contribution in [3.05, 3.63) is 41.5 Å². The standard InChI is InChI=1S/C21H27F3O2/c1-2-3-4-15-13-25-20(26-14-15)18-7-5-16(6-8-18)17-9-11-19(12-10-17)21(22,23)24/h5,9-12,15,18,20H,2-4,6-8,13-14H2,1H3. The van der Waals surface area contributed by atoms with Gasteiger partial charge in [-0.2, -0.15) is 13.2 Å². The highest BCUT2D eigenvalue weighted by atomic mass is 19.4. The molecule has 2 nitrogen and oxygen atoms in total. The van der Waals surface area contributed by atoms with Gasteiger partial charge in [0, 0.05) is 11.8 Å². The molecule has 0 radical (unpaired) electrons. The van der Waals surface area contributed by atoms with Crippen molar-refractivity contribution in [1.82, 2.24) is 0 Å². The van der Waals surface area contributed by atoms with Crippen LogP contribution >= 0.6 is 0 Å². The summed E-state index contributed by atoms with van der Waals surface area (Å²) in [5.41, 5.74) is 1.39. The molecule has 1 atom stereocenters. The Morgan fingerprint density at radius 3 is 2.31 bits per heavy atom. The number of rotatable bonds is 5. The molecule has 0 bridgehead atoms. The summed E-state index contributed by atoms with van der Waals surface area (Å²) in [6.45, 7) is 3.74. The van der Waals surface area contributed by atoms with E-state index in [-0.39, 0.29) is 6.29 Å². The van der Waals surface area contributed by atoms with Gasteiger partial charge in [-0.3, -0.25) is 0 Å². The summed E-state index contributed by atoms with van der Waals surface area (Å²) in [6, 6.07) is 5.46. The van der Waals surface area contributed by atoms with Crippen LogP contribution in [0.4, 0.5) is 13.2 Å². The molecule has 144 valence electrons. The van der Waals surface area contributed by atoms with Gasteiger partial charge in [0.05, 0.1) is 18.8 Å². The first kappa shape index (κ1) is 19.4. The zero-order chi connectivity index (χ0) is 18.6. The number of benzene rings is 1. The first-order chi connectivity index (χ1) is 12.5. The summed E-state index contributed by atoms with van der Waals surface area (Å²) in [5, 5.41) is 0. The summed E-state index contributed by atoms with van der Waals surface area (Å²) < 4.78 is 49.9. The topological polar surface area (TPSA) is 18.5 Å². The van der Waals surface area contributed by atoms with Crippen molar-refractivity contribution in [1.29, 1.82) is 0 Å². The maximum atomic E-state index is 12.7. The average Bonchev–Trinajstić information content (AvgIpc) is 2.66. The molecule has 5 heteroatoms. The van der Waals surface area contributed by atoms with Crippen LogP contribution in [0.25, 0.3) is 5.57 Å². The van der Waals surface area contributed by atoms with E-state index in [1.54, 1.807) is 12.1 Å². The number of ether oxygens (including phenoxy) is 2. The molecule has 0 amide bonds. The normalized spacial score (nSPS) is 27.2. The van der Waals surface area contributed by atoms with Crippen molar-refractivity contribution >= 4 is 5.57 Å². The molecule has 1 aliphatic carbocycles. The minimum Gasteiger partial charge on any atom is -0.352 e. The van der Waals surface area contributed by atoms with Crippen LogP contribution in [0.3, 0.4) is 0 Å². The van der Waals surface area contributed by atoms with Gasteiger partial charge >= 0.3 is 6.18 Å². The van der Waals surface area contributed by atoms with E-state index in [0.717, 1.165) is 62.2 Å². The second kappa shape index (κ2) is 8.57. The van der Waals surface area contributed by atoms with Gasteiger partial charge in [-0.15, -0.1) is 0 Å². The van der Waals surface area contributed by atoms with Crippen LogP contribution in [-0.4, -0.2) is 19.5 Å². The van der Waals surface area contributed by atoms with Crippen LogP contribution < -0.4 is 0 Å². The molecule has 1 fully saturated rings. The lowest BCUT2D eigenvalue weighted by atomic mass is 9.85. The second-order valence-corrected chi connectivity index (χ2v) is 7.38. The van der Waals surface area contributed by atoms with Crippen LogP contribution in [0.1, 0.15) is 56.6 Å². The van der Waals surface area contributed by atoms with E-state index in [4.69, 9.17) is 9.47 Å². The summed E-state index contributed by atoms with van der Waals surface area (Å²) in [6.07, 6.45) is 3.91. The van der Waals surface area contributed by atoms with E-state index in [9.17, 15) is 13.2 Å². The lowest BCUT2D eigenvalue weighted by molar-refractivity contribution is -0.225. The number of hydrogen-bond donors (Lipinski definition) is 0. The molecule has 0 saturated carbocycles. The van der Waals surface area contributed by atoms with E-state index >= 15 is 0 Å². The fourth-order valence-electron chi connectivity index (χ4n) is 3.73. The maximum Gasteiger partial charge on any atom is 0.416 e. The third kappa shape index (κ3) is 4.89. The van der Waals surface area contributed by atoms with Crippen LogP contribution in [0.5, 0.6) is 0 Å². The van der Waals surface area contributed by atoms with Crippen LogP contribution in [0, 0.1) is 11.8 Å². The fourth-order valence-corrected chi connectivity index (χ4v) is 3.73. The highest BCUT2D eigenvalue weighted by Crippen LogP contribution is 2.36.